The molecule has 0 spiro atoms. The fraction of sp³-hybridized carbons (Fsp3) is 0. The summed E-state index contributed by atoms with van der Waals surface area (Å²) in [6.45, 7) is 0. The fourth-order valence-electron chi connectivity index (χ4n) is 0. The van der Waals surface area contributed by atoms with Gasteiger partial charge in [-0.1, -0.05) is 0 Å². The second kappa shape index (κ2) is 27.1. The van der Waals surface area contributed by atoms with E-state index in [0.717, 1.165) is 0 Å². The van der Waals surface area contributed by atoms with Gasteiger partial charge in [0.15, 0.2) is 0 Å². The maximum Gasteiger partial charge on any atom is 0 e. The van der Waals surface area contributed by atoms with E-state index in [0.29, 0.717) is 0 Å². The molecule has 0 amide bonds. The van der Waals surface area contributed by atoms with Gasteiger partial charge in [-0.25, -0.2) is 0 Å². The van der Waals surface area contributed by atoms with E-state index in [-0.39, 0.29) is 99.0 Å². The van der Waals surface area contributed by atoms with Crippen molar-refractivity contribution in [3.05, 3.63) is 0 Å². The van der Waals surface area contributed by atoms with Crippen LogP contribution in [0.15, 0.2) is 0 Å². The number of hydrogen-bond acceptors (Lipinski definition) is 0. The van der Waals surface area contributed by atoms with Gasteiger partial charge in [0.05, 0.1) is 0 Å². The molecule has 0 N–H and O–H groups in total. The molecule has 0 aromatic heterocycles. The van der Waals surface area contributed by atoms with Crippen LogP contribution in [0, 0.1) is 0 Å². The zero-order valence-corrected chi connectivity index (χ0v) is 15.0. The summed E-state index contributed by atoms with van der Waals surface area (Å²) >= 11 is 0. The van der Waals surface area contributed by atoms with Gasteiger partial charge in [0.25, 0.3) is 0 Å². The van der Waals surface area contributed by atoms with Crippen molar-refractivity contribution in [2.45, 2.75) is 0 Å². The van der Waals surface area contributed by atoms with Gasteiger partial charge in [-0.2, -0.15) is 0 Å². The molecule has 0 aliphatic rings. The summed E-state index contributed by atoms with van der Waals surface area (Å²) in [5, 5.41) is 0. The van der Waals surface area contributed by atoms with E-state index in [4.69, 9.17) is 0 Å². The Morgan fingerprint density at radius 1 is 0.200 bits per heavy atom. The average molecular weight is 349 g/mol. The molecule has 0 fully saturated rings. The Hall–Kier alpha value is 3.18. The van der Waals surface area contributed by atoms with E-state index in [1.165, 1.54) is 0 Å². The topological polar surface area (TPSA) is 0 Å². The Morgan fingerprint density at radius 2 is 0.200 bits per heavy atom. The SMILES string of the molecule is [Ga].[Ga].[Ga].[Ga].[Ga]. The predicted molar refractivity (Wildman–Crippen MR) is 28.8 cm³/mol. The van der Waals surface area contributed by atoms with Crippen LogP contribution in [-0.4, -0.2) is 99.0 Å². The van der Waals surface area contributed by atoms with Gasteiger partial charge in [0, 0.05) is 99.0 Å². The zero-order valence-electron chi connectivity index (χ0n) is 2.89. The minimum absolute atomic E-state index is 0. The maximum atomic E-state index is 0. The minimum atomic E-state index is 0. The van der Waals surface area contributed by atoms with Crippen molar-refractivity contribution in [1.82, 2.24) is 0 Å². The van der Waals surface area contributed by atoms with Gasteiger partial charge >= 0.3 is 0 Å². The molecule has 0 saturated heterocycles. The zero-order chi connectivity index (χ0) is 0. The van der Waals surface area contributed by atoms with Crippen LogP contribution in [-0.2, 0) is 0 Å². The second-order valence-electron chi connectivity index (χ2n) is 0. The molecule has 0 aliphatic heterocycles. The van der Waals surface area contributed by atoms with E-state index in [9.17, 15) is 0 Å². The van der Waals surface area contributed by atoms with Crippen LogP contribution in [0.5, 0.6) is 0 Å². The molecule has 0 unspecified atom stereocenters. The predicted octanol–water partition coefficient (Wildman–Crippen LogP) is -1.90. The average Bonchev–Trinajstić information content (AvgIpc) is 0. The van der Waals surface area contributed by atoms with E-state index in [1.807, 2.05) is 0 Å². The number of hydrogen-bond donors (Lipinski definition) is 0. The van der Waals surface area contributed by atoms with Gasteiger partial charge in [-0.15, -0.1) is 0 Å². The maximum absolute atomic E-state index is 0. The number of rotatable bonds is 0. The molecule has 0 aromatic carbocycles. The first-order chi connectivity index (χ1) is 0. The largest absolute Gasteiger partial charge is 0 e. The van der Waals surface area contributed by atoms with Crippen molar-refractivity contribution in [3.8, 4) is 0 Å². The summed E-state index contributed by atoms with van der Waals surface area (Å²) < 4.78 is 0. The Morgan fingerprint density at radius 3 is 0.200 bits per heavy atom. The minimum Gasteiger partial charge on any atom is 0 e. The molecule has 0 heterocycles. The van der Waals surface area contributed by atoms with E-state index < -0.39 is 0 Å². The molecule has 0 aromatic rings. The quantitative estimate of drug-likeness (QED) is 0.449. The standard InChI is InChI=1S/5Ga. The molecule has 5 heteroatoms. The molecule has 0 bridgehead atoms. The van der Waals surface area contributed by atoms with Gasteiger partial charge < -0.3 is 0 Å². The van der Waals surface area contributed by atoms with Crippen LogP contribution < -0.4 is 0 Å². The molecule has 0 atom stereocenters. The third-order valence-corrected chi connectivity index (χ3v) is 0. The third kappa shape index (κ3) is 19.0. The monoisotopic (exact) mass is 345 g/mol. The van der Waals surface area contributed by atoms with Gasteiger partial charge in [-0.05, 0) is 0 Å². The van der Waals surface area contributed by atoms with E-state index >= 15 is 0 Å². The normalized spacial score (nSPS) is 0. The Labute approximate surface area is 97.3 Å². The second-order valence-corrected chi connectivity index (χ2v) is 0. The Balaban J connectivity index is 0. The molecular weight excluding hydrogens is 349 g/mol. The Kier molecular flexibility index (Phi) is 226. The molecular formula is Ga5. The molecule has 0 nitrogen and oxygen atoms in total. The van der Waals surface area contributed by atoms with Crippen LogP contribution in [0.3, 0.4) is 0 Å². The van der Waals surface area contributed by atoms with Crippen molar-refractivity contribution >= 4 is 99.0 Å². The summed E-state index contributed by atoms with van der Waals surface area (Å²) in [5.74, 6) is 0. The van der Waals surface area contributed by atoms with Gasteiger partial charge in [0.1, 0.15) is 0 Å². The first kappa shape index (κ1) is 41.7. The molecule has 15 valence electrons. The van der Waals surface area contributed by atoms with Crippen molar-refractivity contribution in [1.29, 1.82) is 0 Å². The summed E-state index contributed by atoms with van der Waals surface area (Å²) in [5.41, 5.74) is 0. The van der Waals surface area contributed by atoms with Crippen LogP contribution in [0.25, 0.3) is 0 Å². The fourth-order valence-corrected chi connectivity index (χ4v) is 0. The summed E-state index contributed by atoms with van der Waals surface area (Å²) in [6.07, 6.45) is 0. The van der Waals surface area contributed by atoms with Crippen LogP contribution >= 0.6 is 0 Å². The smallest absolute Gasteiger partial charge is 0 e. The molecule has 15 radical (unpaired) electrons. The van der Waals surface area contributed by atoms with Crippen molar-refractivity contribution in [2.75, 3.05) is 0 Å². The summed E-state index contributed by atoms with van der Waals surface area (Å²) in [6, 6.07) is 0. The van der Waals surface area contributed by atoms with Crippen molar-refractivity contribution in [3.63, 3.8) is 0 Å². The first-order valence-corrected chi connectivity index (χ1v) is 0. The Bertz CT molecular complexity index is 0. The first-order valence-electron chi connectivity index (χ1n) is 0. The van der Waals surface area contributed by atoms with E-state index in [2.05, 4.69) is 0 Å². The molecule has 5 heavy (non-hydrogen) atoms. The van der Waals surface area contributed by atoms with Crippen LogP contribution in [0.1, 0.15) is 0 Å². The van der Waals surface area contributed by atoms with Gasteiger partial charge in [-0.3, -0.25) is 0 Å². The van der Waals surface area contributed by atoms with E-state index in [1.54, 1.807) is 0 Å². The summed E-state index contributed by atoms with van der Waals surface area (Å²) in [7, 11) is 0. The van der Waals surface area contributed by atoms with Crippen LogP contribution in [0.4, 0.5) is 0 Å². The van der Waals surface area contributed by atoms with Crippen molar-refractivity contribution in [2.24, 2.45) is 0 Å². The molecule has 0 rings (SSSR count). The van der Waals surface area contributed by atoms with Crippen LogP contribution in [0.2, 0.25) is 0 Å². The third-order valence-electron chi connectivity index (χ3n) is 0. The molecule has 0 saturated carbocycles. The van der Waals surface area contributed by atoms with Crippen molar-refractivity contribution < 1.29 is 0 Å². The van der Waals surface area contributed by atoms with Gasteiger partial charge in [0.2, 0.25) is 0 Å². The summed E-state index contributed by atoms with van der Waals surface area (Å²) in [4.78, 5) is 0. The molecule has 0 aliphatic carbocycles.